The van der Waals surface area contributed by atoms with Gasteiger partial charge in [-0.2, -0.15) is 13.2 Å². The Balaban J connectivity index is 1.41. The Morgan fingerprint density at radius 3 is 2.44 bits per heavy atom. The van der Waals surface area contributed by atoms with Crippen molar-refractivity contribution in [3.05, 3.63) is 58.4 Å². The molecule has 196 valence electrons. The molecule has 0 saturated carbocycles. The molecule has 2 aliphatic heterocycles. The summed E-state index contributed by atoms with van der Waals surface area (Å²) in [6.45, 7) is 4.01. The van der Waals surface area contributed by atoms with Crippen LogP contribution in [0.2, 0.25) is 5.02 Å². The first-order valence-corrected chi connectivity index (χ1v) is 12.4. The molecule has 0 aromatic heterocycles. The first-order valence-electron chi connectivity index (χ1n) is 12.0. The van der Waals surface area contributed by atoms with E-state index in [9.17, 15) is 22.4 Å². The Bertz CT molecular complexity index is 1070. The van der Waals surface area contributed by atoms with Crippen molar-refractivity contribution >= 4 is 28.9 Å². The summed E-state index contributed by atoms with van der Waals surface area (Å²) in [6, 6.07) is 9.70. The third-order valence-electron chi connectivity index (χ3n) is 6.63. The first kappa shape index (κ1) is 26.7. The summed E-state index contributed by atoms with van der Waals surface area (Å²) in [7, 11) is 0. The van der Waals surface area contributed by atoms with Crippen LogP contribution in [0, 0.1) is 5.82 Å². The van der Waals surface area contributed by atoms with Gasteiger partial charge in [-0.3, -0.25) is 14.6 Å². The van der Waals surface area contributed by atoms with Gasteiger partial charge in [-0.15, -0.1) is 0 Å². The van der Waals surface area contributed by atoms with Crippen molar-refractivity contribution < 1.29 is 22.4 Å². The number of carbonyl (C=O) groups excluding carboxylic acids is 1. The SMILES string of the molecule is NC1CCN(Cc2ccc(C(=O)Nc3ccc(Cl)cc3N3CCN(CCC(F)(F)F)CC3)c(F)c2)C1. The summed E-state index contributed by atoms with van der Waals surface area (Å²) < 4.78 is 52.5. The lowest BCUT2D eigenvalue weighted by Gasteiger charge is -2.37. The Kier molecular flexibility index (Phi) is 8.39. The van der Waals surface area contributed by atoms with Crippen molar-refractivity contribution in [2.24, 2.45) is 5.73 Å². The van der Waals surface area contributed by atoms with Crippen molar-refractivity contribution in [2.75, 3.05) is 56.0 Å². The largest absolute Gasteiger partial charge is 0.390 e. The average Bonchev–Trinajstić information content (AvgIpc) is 3.23. The van der Waals surface area contributed by atoms with Crippen LogP contribution in [0.1, 0.15) is 28.8 Å². The summed E-state index contributed by atoms with van der Waals surface area (Å²) in [5.41, 5.74) is 7.74. The first-order chi connectivity index (χ1) is 17.1. The highest BCUT2D eigenvalue weighted by Crippen LogP contribution is 2.31. The van der Waals surface area contributed by atoms with Crippen LogP contribution in [0.3, 0.4) is 0 Å². The van der Waals surface area contributed by atoms with Gasteiger partial charge < -0.3 is 16.0 Å². The lowest BCUT2D eigenvalue weighted by atomic mass is 10.1. The van der Waals surface area contributed by atoms with Crippen LogP contribution in [-0.4, -0.2) is 73.7 Å². The maximum absolute atomic E-state index is 14.9. The number of hydrogen-bond donors (Lipinski definition) is 2. The van der Waals surface area contributed by atoms with E-state index >= 15 is 0 Å². The van der Waals surface area contributed by atoms with Crippen LogP contribution in [0.5, 0.6) is 0 Å². The predicted molar refractivity (Wildman–Crippen MR) is 133 cm³/mol. The van der Waals surface area contributed by atoms with Gasteiger partial charge in [0.25, 0.3) is 5.91 Å². The van der Waals surface area contributed by atoms with Gasteiger partial charge in [0, 0.05) is 63.4 Å². The number of nitrogens with two attached hydrogens (primary N) is 1. The number of rotatable bonds is 7. The monoisotopic (exact) mass is 527 g/mol. The van der Waals surface area contributed by atoms with Crippen molar-refractivity contribution in [1.82, 2.24) is 9.80 Å². The highest BCUT2D eigenvalue weighted by atomic mass is 35.5. The van der Waals surface area contributed by atoms with Crippen LogP contribution >= 0.6 is 11.6 Å². The van der Waals surface area contributed by atoms with Gasteiger partial charge in [0.15, 0.2) is 0 Å². The summed E-state index contributed by atoms with van der Waals surface area (Å²) in [5, 5.41) is 3.24. The van der Waals surface area contributed by atoms with Gasteiger partial charge in [0.1, 0.15) is 5.82 Å². The molecule has 4 rings (SSSR count). The van der Waals surface area contributed by atoms with E-state index in [1.807, 2.05) is 4.90 Å². The molecule has 0 aliphatic carbocycles. The Hall–Kier alpha value is -2.40. The van der Waals surface area contributed by atoms with Crippen LogP contribution in [0.15, 0.2) is 36.4 Å². The minimum absolute atomic E-state index is 0.0453. The molecule has 1 unspecified atom stereocenters. The number of likely N-dealkylation sites (tertiary alicyclic amines) is 1. The number of hydrogen-bond acceptors (Lipinski definition) is 5. The molecule has 36 heavy (non-hydrogen) atoms. The maximum Gasteiger partial charge on any atom is 0.390 e. The van der Waals surface area contributed by atoms with Crippen LogP contribution in [-0.2, 0) is 6.54 Å². The number of nitrogens with one attached hydrogen (secondary N) is 1. The number of amides is 1. The summed E-state index contributed by atoms with van der Waals surface area (Å²) in [4.78, 5) is 18.8. The van der Waals surface area contributed by atoms with Gasteiger partial charge in [-0.1, -0.05) is 17.7 Å². The number of carbonyl (C=O) groups is 1. The Morgan fingerprint density at radius 2 is 1.81 bits per heavy atom. The quantitative estimate of drug-likeness (QED) is 0.525. The minimum atomic E-state index is -4.18. The number of piperazine rings is 1. The fourth-order valence-electron chi connectivity index (χ4n) is 4.66. The molecule has 6 nitrogen and oxygen atoms in total. The molecule has 3 N–H and O–H groups in total. The normalized spacial score (nSPS) is 19.6. The van der Waals surface area contributed by atoms with Gasteiger partial charge >= 0.3 is 6.18 Å². The predicted octanol–water partition coefficient (Wildman–Crippen LogP) is 4.34. The summed E-state index contributed by atoms with van der Waals surface area (Å²) >= 11 is 6.19. The zero-order valence-electron chi connectivity index (χ0n) is 19.8. The topological polar surface area (TPSA) is 64.8 Å². The number of alkyl halides is 3. The molecule has 1 amide bonds. The van der Waals surface area contributed by atoms with E-state index in [0.29, 0.717) is 49.1 Å². The average molecular weight is 528 g/mol. The fraction of sp³-hybridized carbons (Fsp3) is 0.480. The maximum atomic E-state index is 14.9. The van der Waals surface area contributed by atoms with Crippen molar-refractivity contribution in [2.45, 2.75) is 31.6 Å². The molecular weight excluding hydrogens is 498 g/mol. The molecule has 0 bridgehead atoms. The molecule has 2 aromatic rings. The highest BCUT2D eigenvalue weighted by molar-refractivity contribution is 6.31. The second-order valence-electron chi connectivity index (χ2n) is 9.41. The van der Waals surface area contributed by atoms with Gasteiger partial charge in [0.05, 0.1) is 23.4 Å². The van der Waals surface area contributed by atoms with E-state index in [2.05, 4.69) is 10.2 Å². The molecule has 11 heteroatoms. The summed E-state index contributed by atoms with van der Waals surface area (Å²) in [5.74, 6) is -1.20. The molecule has 0 radical (unpaired) electrons. The molecule has 1 atom stereocenters. The zero-order chi connectivity index (χ0) is 25.9. The number of nitrogens with zero attached hydrogens (tertiary/aromatic N) is 3. The smallest absolute Gasteiger partial charge is 0.367 e. The second-order valence-corrected chi connectivity index (χ2v) is 9.84. The van der Waals surface area contributed by atoms with E-state index in [-0.39, 0.29) is 18.2 Å². The van der Waals surface area contributed by atoms with E-state index < -0.39 is 24.3 Å². The van der Waals surface area contributed by atoms with E-state index in [1.54, 1.807) is 29.2 Å². The molecule has 2 aliphatic rings. The van der Waals surface area contributed by atoms with Crippen molar-refractivity contribution in [3.8, 4) is 0 Å². The highest BCUT2D eigenvalue weighted by Gasteiger charge is 2.29. The third-order valence-corrected chi connectivity index (χ3v) is 6.86. The molecule has 2 saturated heterocycles. The van der Waals surface area contributed by atoms with E-state index in [0.717, 1.165) is 25.1 Å². The van der Waals surface area contributed by atoms with E-state index in [1.165, 1.54) is 12.1 Å². The van der Waals surface area contributed by atoms with Gasteiger partial charge in [-0.25, -0.2) is 4.39 Å². The molecular formula is C25H30ClF4N5O. The summed E-state index contributed by atoms with van der Waals surface area (Å²) in [6.07, 6.45) is -4.12. The molecule has 2 fully saturated rings. The Morgan fingerprint density at radius 1 is 1.06 bits per heavy atom. The lowest BCUT2D eigenvalue weighted by molar-refractivity contribution is -0.138. The van der Waals surface area contributed by atoms with Crippen LogP contribution < -0.4 is 16.0 Å². The standard InChI is InChI=1S/C25H30ClF4N5O/c26-18-2-4-22(23(14-18)35-11-9-33(10-12-35)8-6-25(28,29)30)32-24(36)20-3-1-17(13-21(20)27)15-34-7-5-19(31)16-34/h1-4,13-14,19H,5-12,15-16,31H2,(H,32,36). The Labute approximate surface area is 213 Å². The van der Waals surface area contributed by atoms with Crippen molar-refractivity contribution in [1.29, 1.82) is 0 Å². The number of halogens is 5. The van der Waals surface area contributed by atoms with Crippen molar-refractivity contribution in [3.63, 3.8) is 0 Å². The molecule has 2 aromatic carbocycles. The fourth-order valence-corrected chi connectivity index (χ4v) is 4.83. The second kappa shape index (κ2) is 11.3. The van der Waals surface area contributed by atoms with Gasteiger partial charge in [0.2, 0.25) is 0 Å². The molecule has 0 spiro atoms. The third kappa shape index (κ3) is 7.09. The number of anilines is 2. The lowest BCUT2D eigenvalue weighted by Crippen LogP contribution is -2.47. The molecule has 2 heterocycles. The van der Waals surface area contributed by atoms with Crippen LogP contribution in [0.25, 0.3) is 0 Å². The van der Waals surface area contributed by atoms with Crippen LogP contribution in [0.4, 0.5) is 28.9 Å². The minimum Gasteiger partial charge on any atom is -0.367 e. The zero-order valence-corrected chi connectivity index (χ0v) is 20.6. The van der Waals surface area contributed by atoms with Gasteiger partial charge in [-0.05, 0) is 42.3 Å². The van der Waals surface area contributed by atoms with E-state index in [4.69, 9.17) is 17.3 Å². The number of benzene rings is 2.